The van der Waals surface area contributed by atoms with E-state index in [1.54, 1.807) is 0 Å². The molecular formula is C9H22N2S. The zero-order valence-electron chi connectivity index (χ0n) is 8.47. The molecule has 0 aromatic heterocycles. The highest BCUT2D eigenvalue weighted by Crippen LogP contribution is 2.02. The Morgan fingerprint density at radius 2 is 2.00 bits per heavy atom. The van der Waals surface area contributed by atoms with Crippen molar-refractivity contribution in [2.24, 2.45) is 5.73 Å². The smallest absolute Gasteiger partial charge is 0.0101 e. The Labute approximate surface area is 80.7 Å². The van der Waals surface area contributed by atoms with Crippen molar-refractivity contribution in [1.82, 2.24) is 5.32 Å². The van der Waals surface area contributed by atoms with Gasteiger partial charge < -0.3 is 11.1 Å². The van der Waals surface area contributed by atoms with Crippen LogP contribution in [0, 0.1) is 0 Å². The number of rotatable bonds is 7. The Kier molecular flexibility index (Phi) is 8.07. The van der Waals surface area contributed by atoms with Crippen molar-refractivity contribution in [2.75, 3.05) is 18.1 Å². The molecule has 74 valence electrons. The molecule has 0 aromatic rings. The molecule has 1 unspecified atom stereocenters. The Balaban J connectivity index is 2.91. The largest absolute Gasteiger partial charge is 0.327 e. The molecule has 0 aromatic carbocycles. The van der Waals surface area contributed by atoms with Gasteiger partial charge >= 0.3 is 0 Å². The van der Waals surface area contributed by atoms with Crippen LogP contribution in [0.4, 0.5) is 0 Å². The second-order valence-corrected chi connectivity index (χ2v) is 4.66. The summed E-state index contributed by atoms with van der Waals surface area (Å²) in [5, 5.41) is 3.39. The van der Waals surface area contributed by atoms with Crippen LogP contribution in [-0.4, -0.2) is 30.1 Å². The summed E-state index contributed by atoms with van der Waals surface area (Å²) in [5.41, 5.74) is 5.62. The lowest BCUT2D eigenvalue weighted by atomic mass is 10.4. The van der Waals surface area contributed by atoms with Crippen molar-refractivity contribution < 1.29 is 0 Å². The molecule has 0 aliphatic rings. The minimum absolute atomic E-state index is 0.341. The van der Waals surface area contributed by atoms with E-state index in [4.69, 9.17) is 5.73 Å². The first kappa shape index (κ1) is 12.3. The number of hydrogen-bond donors (Lipinski definition) is 2. The Morgan fingerprint density at radius 1 is 1.33 bits per heavy atom. The zero-order valence-corrected chi connectivity index (χ0v) is 9.29. The summed E-state index contributed by atoms with van der Waals surface area (Å²) in [7, 11) is 0. The minimum atomic E-state index is 0.341. The normalized spacial score (nSPS) is 13.8. The van der Waals surface area contributed by atoms with Crippen LogP contribution in [0.5, 0.6) is 0 Å². The van der Waals surface area contributed by atoms with E-state index >= 15 is 0 Å². The number of hydrogen-bond acceptors (Lipinski definition) is 3. The van der Waals surface area contributed by atoms with Crippen LogP contribution in [0.3, 0.4) is 0 Å². The van der Waals surface area contributed by atoms with Crippen molar-refractivity contribution >= 4 is 11.8 Å². The Bertz CT molecular complexity index is 82.5. The van der Waals surface area contributed by atoms with E-state index in [9.17, 15) is 0 Å². The Hall–Kier alpha value is 0.270. The van der Waals surface area contributed by atoms with E-state index in [2.05, 4.69) is 26.1 Å². The average molecular weight is 190 g/mol. The lowest BCUT2D eigenvalue weighted by Crippen LogP contribution is -2.24. The highest BCUT2D eigenvalue weighted by atomic mass is 32.2. The maximum Gasteiger partial charge on any atom is 0.0101 e. The fourth-order valence-electron chi connectivity index (χ4n) is 0.834. The highest BCUT2D eigenvalue weighted by Gasteiger charge is 1.95. The molecule has 0 heterocycles. The first-order valence-electron chi connectivity index (χ1n) is 4.69. The van der Waals surface area contributed by atoms with E-state index in [-0.39, 0.29) is 0 Å². The van der Waals surface area contributed by atoms with Gasteiger partial charge in [-0.2, -0.15) is 11.8 Å². The van der Waals surface area contributed by atoms with Gasteiger partial charge in [0.2, 0.25) is 0 Å². The summed E-state index contributed by atoms with van der Waals surface area (Å²) >= 11 is 1.95. The maximum atomic E-state index is 5.62. The summed E-state index contributed by atoms with van der Waals surface area (Å²) in [6.07, 6.45) is 1.25. The van der Waals surface area contributed by atoms with Crippen molar-refractivity contribution in [3.63, 3.8) is 0 Å². The molecule has 0 radical (unpaired) electrons. The van der Waals surface area contributed by atoms with Crippen LogP contribution in [0.15, 0.2) is 0 Å². The van der Waals surface area contributed by atoms with E-state index in [0.717, 1.165) is 12.3 Å². The quantitative estimate of drug-likeness (QED) is 0.597. The van der Waals surface area contributed by atoms with Gasteiger partial charge in [0.25, 0.3) is 0 Å². The second-order valence-electron chi connectivity index (χ2n) is 3.51. The third-order valence-electron chi connectivity index (χ3n) is 1.40. The molecule has 3 N–H and O–H groups in total. The van der Waals surface area contributed by atoms with Crippen molar-refractivity contribution in [3.05, 3.63) is 0 Å². The highest BCUT2D eigenvalue weighted by molar-refractivity contribution is 7.99. The van der Waals surface area contributed by atoms with Crippen molar-refractivity contribution in [3.8, 4) is 0 Å². The van der Waals surface area contributed by atoms with Gasteiger partial charge in [0.05, 0.1) is 0 Å². The van der Waals surface area contributed by atoms with E-state index in [0.29, 0.717) is 12.1 Å². The zero-order chi connectivity index (χ0) is 9.40. The molecule has 0 bridgehead atoms. The minimum Gasteiger partial charge on any atom is -0.327 e. The Morgan fingerprint density at radius 3 is 2.50 bits per heavy atom. The molecule has 0 rings (SSSR count). The third-order valence-corrected chi connectivity index (χ3v) is 2.74. The molecule has 12 heavy (non-hydrogen) atoms. The molecule has 0 aliphatic heterocycles. The molecule has 0 aliphatic carbocycles. The molecule has 3 heteroatoms. The number of nitrogens with two attached hydrogens (primary N) is 1. The van der Waals surface area contributed by atoms with Gasteiger partial charge in [0.15, 0.2) is 0 Å². The fourth-order valence-corrected chi connectivity index (χ4v) is 1.72. The molecule has 0 saturated carbocycles. The fraction of sp³-hybridized carbons (Fsp3) is 1.00. The predicted molar refractivity (Wildman–Crippen MR) is 58.7 cm³/mol. The standard InChI is InChI=1S/C9H22N2S/c1-8(2)11-5-4-6-12-7-9(3)10/h8-9,11H,4-7,10H2,1-3H3. The van der Waals surface area contributed by atoms with Crippen LogP contribution in [0.2, 0.25) is 0 Å². The van der Waals surface area contributed by atoms with Crippen LogP contribution < -0.4 is 11.1 Å². The molecule has 0 amide bonds. The monoisotopic (exact) mass is 190 g/mol. The van der Waals surface area contributed by atoms with Crippen LogP contribution >= 0.6 is 11.8 Å². The summed E-state index contributed by atoms with van der Waals surface area (Å²) in [6.45, 7) is 7.53. The van der Waals surface area contributed by atoms with Gasteiger partial charge in [0, 0.05) is 17.8 Å². The summed E-state index contributed by atoms with van der Waals surface area (Å²) in [6, 6.07) is 0.955. The SMILES string of the molecule is CC(N)CSCCCNC(C)C. The molecule has 1 atom stereocenters. The van der Waals surface area contributed by atoms with E-state index in [1.165, 1.54) is 12.2 Å². The molecule has 2 nitrogen and oxygen atoms in total. The van der Waals surface area contributed by atoms with Gasteiger partial charge in [-0.15, -0.1) is 0 Å². The van der Waals surface area contributed by atoms with Crippen molar-refractivity contribution in [1.29, 1.82) is 0 Å². The summed E-state index contributed by atoms with van der Waals surface area (Å²) in [4.78, 5) is 0. The summed E-state index contributed by atoms with van der Waals surface area (Å²) in [5.74, 6) is 2.31. The molecule has 0 saturated heterocycles. The van der Waals surface area contributed by atoms with Crippen LogP contribution in [0.25, 0.3) is 0 Å². The van der Waals surface area contributed by atoms with Crippen LogP contribution in [-0.2, 0) is 0 Å². The van der Waals surface area contributed by atoms with Gasteiger partial charge in [-0.05, 0) is 25.6 Å². The number of nitrogens with one attached hydrogen (secondary N) is 1. The number of thioether (sulfide) groups is 1. The van der Waals surface area contributed by atoms with E-state index < -0.39 is 0 Å². The van der Waals surface area contributed by atoms with Gasteiger partial charge in [-0.25, -0.2) is 0 Å². The first-order chi connectivity index (χ1) is 5.63. The van der Waals surface area contributed by atoms with Crippen LogP contribution in [0.1, 0.15) is 27.2 Å². The lowest BCUT2D eigenvalue weighted by molar-refractivity contribution is 0.585. The van der Waals surface area contributed by atoms with Gasteiger partial charge in [0.1, 0.15) is 0 Å². The lowest BCUT2D eigenvalue weighted by Gasteiger charge is -2.08. The predicted octanol–water partition coefficient (Wildman–Crippen LogP) is 1.45. The molecular weight excluding hydrogens is 168 g/mol. The average Bonchev–Trinajstić information content (AvgIpc) is 1.95. The molecule has 0 spiro atoms. The third kappa shape index (κ3) is 10.3. The van der Waals surface area contributed by atoms with Gasteiger partial charge in [-0.1, -0.05) is 13.8 Å². The first-order valence-corrected chi connectivity index (χ1v) is 5.85. The molecule has 0 fully saturated rings. The summed E-state index contributed by atoms with van der Waals surface area (Å²) < 4.78 is 0. The maximum absolute atomic E-state index is 5.62. The second kappa shape index (κ2) is 7.90. The van der Waals surface area contributed by atoms with Gasteiger partial charge in [-0.3, -0.25) is 0 Å². The van der Waals surface area contributed by atoms with E-state index in [1.807, 2.05) is 11.8 Å². The van der Waals surface area contributed by atoms with Crippen molar-refractivity contribution in [2.45, 2.75) is 39.3 Å². The topological polar surface area (TPSA) is 38.0 Å².